The fourth-order valence-corrected chi connectivity index (χ4v) is 7.37. The molecule has 6 aromatic rings. The highest BCUT2D eigenvalue weighted by atomic mass is 19.1. The fourth-order valence-electron chi connectivity index (χ4n) is 7.37. The standard InChI is InChI=1S/C47H31F2N3/c48-37-26-34-25-35(27-37)46(32-15-7-2-8-16-32)43-23-24-44(51-43)52(39-19-11-4-12-20-39)40-29-36(28-38(49)30-40)47(33-17-9-3-10-18-33)42-22-21-41(50-42)45(34)31-13-5-1-6-14-31/h1-30,45H/b46-43-,47-42-. The number of rotatable bonds is 4. The number of fused-ring (bicyclic) bond motifs is 6. The molecule has 3 aliphatic rings. The molecule has 0 radical (unpaired) electrons. The Kier molecular flexibility index (Phi) is 7.94. The van der Waals surface area contributed by atoms with Gasteiger partial charge in [-0.15, -0.1) is 0 Å². The van der Waals surface area contributed by atoms with Gasteiger partial charge in [0.25, 0.3) is 0 Å². The zero-order valence-electron chi connectivity index (χ0n) is 28.0. The minimum absolute atomic E-state index is 0.352. The number of allylic oxidation sites excluding steroid dienone is 3. The van der Waals surface area contributed by atoms with Crippen LogP contribution in [0.3, 0.4) is 0 Å². The van der Waals surface area contributed by atoms with Crippen molar-refractivity contribution in [1.29, 1.82) is 0 Å². The van der Waals surface area contributed by atoms with Gasteiger partial charge in [-0.05, 0) is 106 Å². The average molecular weight is 676 g/mol. The lowest BCUT2D eigenvalue weighted by Gasteiger charge is -2.25. The molecule has 1 atom stereocenters. The summed E-state index contributed by atoms with van der Waals surface area (Å²) >= 11 is 0. The highest BCUT2D eigenvalue weighted by molar-refractivity contribution is 6.14. The van der Waals surface area contributed by atoms with E-state index in [-0.39, 0.29) is 17.6 Å². The Morgan fingerprint density at radius 3 is 1.62 bits per heavy atom. The summed E-state index contributed by atoms with van der Waals surface area (Å²) in [5.41, 5.74) is 10.0. The highest BCUT2D eigenvalue weighted by Gasteiger charge is 2.28. The van der Waals surface area contributed by atoms with E-state index in [0.717, 1.165) is 44.8 Å². The quantitative estimate of drug-likeness (QED) is 0.183. The molecule has 0 amide bonds. The first-order chi connectivity index (χ1) is 25.6. The molecular formula is C47H31F2N3. The molecule has 0 spiro atoms. The second-order valence-corrected chi connectivity index (χ2v) is 12.9. The molecule has 0 aliphatic carbocycles. The van der Waals surface area contributed by atoms with Crippen molar-refractivity contribution in [2.45, 2.75) is 5.92 Å². The molecule has 0 saturated carbocycles. The Morgan fingerprint density at radius 1 is 0.423 bits per heavy atom. The molecule has 0 fully saturated rings. The number of aliphatic imine (C=N–C) groups is 2. The van der Waals surface area contributed by atoms with Crippen molar-refractivity contribution >= 4 is 34.1 Å². The molecule has 3 nitrogen and oxygen atoms in total. The summed E-state index contributed by atoms with van der Waals surface area (Å²) in [7, 11) is 0. The van der Waals surface area contributed by atoms with E-state index in [4.69, 9.17) is 9.98 Å². The van der Waals surface area contributed by atoms with Crippen molar-refractivity contribution in [3.05, 3.63) is 238 Å². The number of anilines is 2. The summed E-state index contributed by atoms with van der Waals surface area (Å²) in [6.45, 7) is 0. The van der Waals surface area contributed by atoms with Gasteiger partial charge >= 0.3 is 0 Å². The molecule has 3 heterocycles. The second kappa shape index (κ2) is 13.2. The molecule has 248 valence electrons. The van der Waals surface area contributed by atoms with Gasteiger partial charge in [0.15, 0.2) is 0 Å². The lowest BCUT2D eigenvalue weighted by atomic mass is 9.84. The molecule has 52 heavy (non-hydrogen) atoms. The lowest BCUT2D eigenvalue weighted by Crippen LogP contribution is -2.23. The van der Waals surface area contributed by atoms with Gasteiger partial charge in [-0.3, -0.25) is 9.89 Å². The van der Waals surface area contributed by atoms with E-state index in [2.05, 4.69) is 6.07 Å². The van der Waals surface area contributed by atoms with Crippen LogP contribution in [0.1, 0.15) is 39.3 Å². The van der Waals surface area contributed by atoms with Gasteiger partial charge in [-0.1, -0.05) is 109 Å². The van der Waals surface area contributed by atoms with E-state index in [9.17, 15) is 0 Å². The molecule has 1 unspecified atom stereocenters. The largest absolute Gasteiger partial charge is 0.295 e. The van der Waals surface area contributed by atoms with E-state index < -0.39 is 0 Å². The summed E-state index contributed by atoms with van der Waals surface area (Å²) < 4.78 is 32.1. The maximum Gasteiger partial charge on any atom is 0.138 e. The SMILES string of the molecule is Fc1cc2cc(c1)C(c1ccccc1)C1=N/C(=C(/c3ccccc3)c3cc(F)cc(c3)N(c3ccccc3)C3=N/C(=C\2c2ccccc2)C=C3)C=C1. The van der Waals surface area contributed by atoms with E-state index in [1.807, 2.05) is 157 Å². The Labute approximate surface area is 301 Å². The summed E-state index contributed by atoms with van der Waals surface area (Å²) in [4.78, 5) is 12.4. The average Bonchev–Trinajstić information content (AvgIpc) is 3.84. The third-order valence-corrected chi connectivity index (χ3v) is 9.57. The monoisotopic (exact) mass is 675 g/mol. The van der Waals surface area contributed by atoms with Crippen molar-refractivity contribution in [1.82, 2.24) is 0 Å². The molecule has 6 aromatic carbocycles. The topological polar surface area (TPSA) is 28.0 Å². The first-order valence-corrected chi connectivity index (χ1v) is 17.2. The van der Waals surface area contributed by atoms with Gasteiger partial charge in [0.2, 0.25) is 0 Å². The van der Waals surface area contributed by atoms with Gasteiger partial charge in [0.05, 0.1) is 28.7 Å². The number of hydrogen-bond donors (Lipinski definition) is 0. The van der Waals surface area contributed by atoms with Crippen molar-refractivity contribution in [2.75, 3.05) is 4.90 Å². The van der Waals surface area contributed by atoms with Crippen LogP contribution < -0.4 is 4.90 Å². The molecule has 0 aromatic heterocycles. The van der Waals surface area contributed by atoms with Crippen LogP contribution in [0.25, 0.3) is 11.1 Å². The lowest BCUT2D eigenvalue weighted by molar-refractivity contribution is 0.625. The van der Waals surface area contributed by atoms with E-state index >= 15 is 8.78 Å². The van der Waals surface area contributed by atoms with E-state index in [0.29, 0.717) is 34.0 Å². The Bertz CT molecular complexity index is 2330. The van der Waals surface area contributed by atoms with Crippen LogP contribution in [-0.4, -0.2) is 11.5 Å². The summed E-state index contributed by atoms with van der Waals surface area (Å²) in [6.07, 6.45) is 7.88. The first kappa shape index (κ1) is 31.3. The van der Waals surface area contributed by atoms with Crippen molar-refractivity contribution < 1.29 is 8.78 Å². The molecule has 0 saturated heterocycles. The Balaban J connectivity index is 1.39. The zero-order valence-corrected chi connectivity index (χ0v) is 28.0. The van der Waals surface area contributed by atoms with Crippen LogP contribution in [0.4, 0.5) is 20.2 Å². The van der Waals surface area contributed by atoms with Gasteiger partial charge in [0, 0.05) is 16.8 Å². The number of para-hydroxylation sites is 1. The number of halogens is 2. The summed E-state index contributed by atoms with van der Waals surface area (Å²) in [5, 5.41) is 0. The Hall–Kier alpha value is -6.72. The number of nitrogens with zero attached hydrogens (tertiary/aromatic N) is 3. The highest BCUT2D eigenvalue weighted by Crippen LogP contribution is 2.40. The van der Waals surface area contributed by atoms with Crippen molar-refractivity contribution in [3.8, 4) is 0 Å². The first-order valence-electron chi connectivity index (χ1n) is 17.2. The van der Waals surface area contributed by atoms with Crippen molar-refractivity contribution in [3.63, 3.8) is 0 Å². The number of hydrogen-bond acceptors (Lipinski definition) is 3. The second-order valence-electron chi connectivity index (χ2n) is 12.9. The van der Waals surface area contributed by atoms with Crippen LogP contribution in [0.15, 0.2) is 203 Å². The van der Waals surface area contributed by atoms with Crippen LogP contribution >= 0.6 is 0 Å². The van der Waals surface area contributed by atoms with Crippen molar-refractivity contribution in [2.24, 2.45) is 9.98 Å². The van der Waals surface area contributed by atoms with Crippen LogP contribution in [0.2, 0.25) is 0 Å². The van der Waals surface area contributed by atoms with E-state index in [1.165, 1.54) is 6.07 Å². The molecule has 0 N–H and O–H groups in total. The molecule has 3 aliphatic heterocycles. The van der Waals surface area contributed by atoms with E-state index in [1.54, 1.807) is 18.2 Å². The minimum atomic E-state index is -0.384. The molecule has 8 bridgehead atoms. The molecule has 9 rings (SSSR count). The predicted molar refractivity (Wildman–Crippen MR) is 208 cm³/mol. The maximum absolute atomic E-state index is 16.1. The fraction of sp³-hybridized carbons (Fsp3) is 0.0213. The summed E-state index contributed by atoms with van der Waals surface area (Å²) in [6, 6.07) is 50.1. The minimum Gasteiger partial charge on any atom is -0.295 e. The number of benzene rings is 6. The smallest absolute Gasteiger partial charge is 0.138 e. The normalized spacial score (nSPS) is 19.1. The maximum atomic E-state index is 16.1. The Morgan fingerprint density at radius 2 is 0.962 bits per heavy atom. The molecule has 5 heteroatoms. The van der Waals surface area contributed by atoms with Gasteiger partial charge in [-0.25, -0.2) is 13.8 Å². The zero-order chi connectivity index (χ0) is 35.0. The third kappa shape index (κ3) is 5.82. The van der Waals surface area contributed by atoms with Crippen LogP contribution in [0.5, 0.6) is 0 Å². The van der Waals surface area contributed by atoms with Gasteiger partial charge in [-0.2, -0.15) is 0 Å². The van der Waals surface area contributed by atoms with Crippen LogP contribution in [-0.2, 0) is 0 Å². The van der Waals surface area contributed by atoms with Gasteiger partial charge in [0.1, 0.15) is 17.5 Å². The molecular weight excluding hydrogens is 645 g/mol. The summed E-state index contributed by atoms with van der Waals surface area (Å²) in [5.74, 6) is -0.515. The van der Waals surface area contributed by atoms with Crippen LogP contribution in [0, 0.1) is 11.6 Å². The number of amidine groups is 1. The van der Waals surface area contributed by atoms with Gasteiger partial charge < -0.3 is 0 Å². The third-order valence-electron chi connectivity index (χ3n) is 9.57. The predicted octanol–water partition coefficient (Wildman–Crippen LogP) is 11.4.